The molecule has 19 heavy (non-hydrogen) atoms. The van der Waals surface area contributed by atoms with Gasteiger partial charge in [0, 0.05) is 5.69 Å². The van der Waals surface area contributed by atoms with Crippen LogP contribution in [0.2, 0.25) is 0 Å². The van der Waals surface area contributed by atoms with Crippen molar-refractivity contribution in [2.45, 2.75) is 26.4 Å². The molecule has 0 saturated heterocycles. The van der Waals surface area contributed by atoms with Crippen LogP contribution in [-0.2, 0) is 22.1 Å². The number of rotatable bonds is 4. The topological polar surface area (TPSA) is 59.2 Å². The third-order valence-corrected chi connectivity index (χ3v) is 2.65. The van der Waals surface area contributed by atoms with Crippen LogP contribution < -0.4 is 0 Å². The lowest BCUT2D eigenvalue weighted by Crippen LogP contribution is -2.11. The molecule has 1 rings (SSSR count). The highest BCUT2D eigenvalue weighted by Gasteiger charge is 2.39. The van der Waals surface area contributed by atoms with Crippen molar-refractivity contribution in [1.82, 2.24) is 4.98 Å². The van der Waals surface area contributed by atoms with Gasteiger partial charge in [-0.2, -0.15) is 13.2 Å². The van der Waals surface area contributed by atoms with E-state index < -0.39 is 28.6 Å². The average Bonchev–Trinajstić information content (AvgIpc) is 2.56. The Morgan fingerprint density at radius 3 is 2.32 bits per heavy atom. The summed E-state index contributed by atoms with van der Waals surface area (Å²) in [5, 5.41) is -1.26. The summed E-state index contributed by atoms with van der Waals surface area (Å²) >= 11 is 5.11. The molecule has 0 radical (unpaired) electrons. The summed E-state index contributed by atoms with van der Waals surface area (Å²) in [6, 6.07) is 0. The fraction of sp³-hybridized carbons (Fsp3) is 0.455. The van der Waals surface area contributed by atoms with Gasteiger partial charge in [-0.25, -0.2) is 0 Å². The molecule has 1 heterocycles. The van der Waals surface area contributed by atoms with E-state index in [-0.39, 0.29) is 24.3 Å². The van der Waals surface area contributed by atoms with Gasteiger partial charge >= 0.3 is 12.1 Å². The Labute approximate surface area is 111 Å². The van der Waals surface area contributed by atoms with Gasteiger partial charge < -0.3 is 9.72 Å². The van der Waals surface area contributed by atoms with Crippen LogP contribution in [0.5, 0.6) is 0 Å². The molecule has 0 aromatic carbocycles. The van der Waals surface area contributed by atoms with Crippen molar-refractivity contribution in [2.24, 2.45) is 0 Å². The van der Waals surface area contributed by atoms with Crippen LogP contribution in [0.4, 0.5) is 13.2 Å². The van der Waals surface area contributed by atoms with Crippen molar-refractivity contribution in [2.75, 3.05) is 6.61 Å². The lowest BCUT2D eigenvalue weighted by atomic mass is 10.1. The molecule has 0 aliphatic carbocycles. The quantitative estimate of drug-likeness (QED) is 0.687. The van der Waals surface area contributed by atoms with Gasteiger partial charge in [0.25, 0.3) is 5.24 Å². The maximum Gasteiger partial charge on any atom is 0.418 e. The van der Waals surface area contributed by atoms with Gasteiger partial charge in [0.2, 0.25) is 0 Å². The van der Waals surface area contributed by atoms with Gasteiger partial charge in [-0.15, -0.1) is 0 Å². The summed E-state index contributed by atoms with van der Waals surface area (Å²) < 4.78 is 43.1. The molecule has 0 saturated carbocycles. The maximum atomic E-state index is 12.8. The summed E-state index contributed by atoms with van der Waals surface area (Å²) in [5.41, 5.74) is -2.17. The number of halogens is 4. The number of hydrogen-bond donors (Lipinski definition) is 1. The minimum absolute atomic E-state index is 0.0326. The second-order valence-corrected chi connectivity index (χ2v) is 4.08. The molecule has 0 spiro atoms. The normalized spacial score (nSPS) is 11.5. The first kappa shape index (κ1) is 15.6. The van der Waals surface area contributed by atoms with Gasteiger partial charge in [0.15, 0.2) is 0 Å². The molecule has 0 fully saturated rings. The lowest BCUT2D eigenvalue weighted by molar-refractivity contribution is -0.142. The summed E-state index contributed by atoms with van der Waals surface area (Å²) in [4.78, 5) is 24.5. The monoisotopic (exact) mass is 297 g/mol. The van der Waals surface area contributed by atoms with E-state index in [0.29, 0.717) is 0 Å². The Kier molecular flexibility index (Phi) is 4.62. The number of aromatic nitrogens is 1. The Bertz CT molecular complexity index is 508. The molecule has 0 amide bonds. The van der Waals surface area contributed by atoms with Gasteiger partial charge in [-0.1, -0.05) is 0 Å². The molecule has 4 nitrogen and oxygen atoms in total. The second kappa shape index (κ2) is 5.64. The van der Waals surface area contributed by atoms with Gasteiger partial charge in [0.1, 0.15) is 5.69 Å². The first-order chi connectivity index (χ1) is 8.68. The van der Waals surface area contributed by atoms with Gasteiger partial charge in [-0.05, 0) is 31.0 Å². The van der Waals surface area contributed by atoms with E-state index in [1.54, 1.807) is 6.92 Å². The van der Waals surface area contributed by atoms with Crippen molar-refractivity contribution in [3.8, 4) is 0 Å². The molecule has 8 heteroatoms. The second-order valence-electron chi connectivity index (χ2n) is 3.73. The zero-order valence-corrected chi connectivity index (χ0v) is 10.9. The van der Waals surface area contributed by atoms with Crippen LogP contribution >= 0.6 is 11.6 Å². The summed E-state index contributed by atoms with van der Waals surface area (Å²) in [6.45, 7) is 2.86. The van der Waals surface area contributed by atoms with Crippen LogP contribution in [0.15, 0.2) is 0 Å². The number of esters is 1. The molecule has 0 unspecified atom stereocenters. The highest BCUT2D eigenvalue weighted by Crippen LogP contribution is 2.36. The van der Waals surface area contributed by atoms with Crippen molar-refractivity contribution in [1.29, 1.82) is 0 Å². The highest BCUT2D eigenvalue weighted by atomic mass is 35.5. The highest BCUT2D eigenvalue weighted by molar-refractivity contribution is 6.67. The summed E-state index contributed by atoms with van der Waals surface area (Å²) in [7, 11) is 0. The molecule has 0 atom stereocenters. The first-order valence-corrected chi connectivity index (χ1v) is 5.70. The van der Waals surface area contributed by atoms with Crippen LogP contribution in [0.3, 0.4) is 0 Å². The van der Waals surface area contributed by atoms with Crippen LogP contribution in [0.25, 0.3) is 0 Å². The van der Waals surface area contributed by atoms with Crippen LogP contribution in [0, 0.1) is 6.92 Å². The smallest absolute Gasteiger partial charge is 0.418 e. The largest absolute Gasteiger partial charge is 0.466 e. The fourth-order valence-electron chi connectivity index (χ4n) is 1.68. The average molecular weight is 298 g/mol. The number of alkyl halides is 3. The molecule has 0 aliphatic heterocycles. The minimum Gasteiger partial charge on any atom is -0.466 e. The van der Waals surface area contributed by atoms with Crippen LogP contribution in [-0.4, -0.2) is 22.8 Å². The molecular weight excluding hydrogens is 287 g/mol. The van der Waals surface area contributed by atoms with Crippen molar-refractivity contribution in [3.63, 3.8) is 0 Å². The fourth-order valence-corrected chi connectivity index (χ4v) is 1.82. The SMILES string of the molecule is CCOC(=O)Cc1[nH]c(C(=O)Cl)c(C(F)(F)F)c1C. The molecule has 1 aromatic rings. The minimum atomic E-state index is -4.73. The number of aromatic amines is 1. The Morgan fingerprint density at radius 2 is 1.95 bits per heavy atom. The lowest BCUT2D eigenvalue weighted by Gasteiger charge is -2.07. The third kappa shape index (κ3) is 3.50. The van der Waals surface area contributed by atoms with E-state index in [9.17, 15) is 22.8 Å². The van der Waals surface area contributed by atoms with E-state index in [0.717, 1.165) is 6.92 Å². The zero-order chi connectivity index (χ0) is 14.8. The van der Waals surface area contributed by atoms with E-state index in [1.165, 1.54) is 0 Å². The molecule has 106 valence electrons. The standard InChI is InChI=1S/C11H11ClF3NO3/c1-3-19-7(17)4-6-5(2)8(11(13,14)15)9(16-6)10(12)18/h16H,3-4H2,1-2H3. The number of H-pyrrole nitrogens is 1. The van der Waals surface area contributed by atoms with Crippen molar-refractivity contribution in [3.05, 3.63) is 22.5 Å². The molecular formula is C11H11ClF3NO3. The van der Waals surface area contributed by atoms with E-state index in [4.69, 9.17) is 11.6 Å². The number of hydrogen-bond acceptors (Lipinski definition) is 3. The first-order valence-electron chi connectivity index (χ1n) is 5.32. The summed E-state index contributed by atoms with van der Waals surface area (Å²) in [6.07, 6.45) is -5.11. The molecule has 1 aromatic heterocycles. The third-order valence-electron chi connectivity index (χ3n) is 2.46. The Hall–Kier alpha value is -1.50. The number of carbonyl (C=O) groups excluding carboxylic acids is 2. The number of carbonyl (C=O) groups is 2. The van der Waals surface area contributed by atoms with Crippen LogP contribution in [0.1, 0.15) is 34.2 Å². The zero-order valence-electron chi connectivity index (χ0n) is 10.2. The Balaban J connectivity index is 3.23. The molecule has 0 bridgehead atoms. The molecule has 1 N–H and O–H groups in total. The van der Waals surface area contributed by atoms with E-state index >= 15 is 0 Å². The van der Waals surface area contributed by atoms with Crippen molar-refractivity contribution < 1.29 is 27.5 Å². The molecule has 0 aliphatic rings. The summed E-state index contributed by atoms with van der Waals surface area (Å²) in [5.74, 6) is -0.686. The Morgan fingerprint density at radius 1 is 1.37 bits per heavy atom. The van der Waals surface area contributed by atoms with E-state index in [1.807, 2.05) is 0 Å². The van der Waals surface area contributed by atoms with E-state index in [2.05, 4.69) is 9.72 Å². The maximum absolute atomic E-state index is 12.8. The number of ether oxygens (including phenoxy) is 1. The number of nitrogens with one attached hydrogen (secondary N) is 1. The van der Waals surface area contributed by atoms with Crippen molar-refractivity contribution >= 4 is 22.8 Å². The predicted octanol–water partition coefficient (Wildman–Crippen LogP) is 2.83. The predicted molar refractivity (Wildman–Crippen MR) is 61.1 cm³/mol. The van der Waals surface area contributed by atoms with Gasteiger partial charge in [-0.3, -0.25) is 9.59 Å². The van der Waals surface area contributed by atoms with Gasteiger partial charge in [0.05, 0.1) is 18.6 Å².